The molecule has 38 heavy (non-hydrogen) atoms. The molecule has 0 radical (unpaired) electrons. The molecule has 202 valence electrons. The fourth-order valence-electron chi connectivity index (χ4n) is 3.75. The minimum Gasteiger partial charge on any atom is -0.484 e. The first kappa shape index (κ1) is 27.1. The number of ether oxygens (including phenoxy) is 1. The summed E-state index contributed by atoms with van der Waals surface area (Å²) in [5.41, 5.74) is -1.71. The lowest BCUT2D eigenvalue weighted by Crippen LogP contribution is -2.54. The second kappa shape index (κ2) is 10.1. The summed E-state index contributed by atoms with van der Waals surface area (Å²) in [6.07, 6.45) is -2.62. The molecule has 0 amide bonds. The van der Waals surface area contributed by atoms with Crippen molar-refractivity contribution in [2.75, 3.05) is 20.2 Å². The number of β-amino-alcohol motifs (C(OH)–C–C–N with tert-alkyl or cyclic N) is 1. The maximum Gasteiger partial charge on any atom is 0.422 e. The lowest BCUT2D eigenvalue weighted by Gasteiger charge is -2.38. The number of aliphatic hydroxyl groups is 1. The van der Waals surface area contributed by atoms with Crippen LogP contribution < -0.4 is 10.3 Å². The Labute approximate surface area is 211 Å². The maximum atomic E-state index is 15.9. The maximum absolute atomic E-state index is 15.9. The van der Waals surface area contributed by atoms with E-state index in [0.29, 0.717) is 11.6 Å². The fraction of sp³-hybridized carbons (Fsp3) is 0.250. The van der Waals surface area contributed by atoms with Crippen molar-refractivity contribution in [3.8, 4) is 17.0 Å². The summed E-state index contributed by atoms with van der Waals surface area (Å²) >= 11 is 0. The molecule has 14 heteroatoms. The number of nitrogens with one attached hydrogen (secondary N) is 1. The molecular formula is C24H20F7N5O2. The monoisotopic (exact) mass is 543 g/mol. The van der Waals surface area contributed by atoms with E-state index in [2.05, 4.69) is 20.4 Å². The van der Waals surface area contributed by atoms with Crippen molar-refractivity contribution < 1.29 is 40.6 Å². The van der Waals surface area contributed by atoms with Gasteiger partial charge in [-0.25, -0.2) is 13.9 Å². The molecule has 0 bridgehead atoms. The van der Waals surface area contributed by atoms with E-state index in [0.717, 1.165) is 40.9 Å². The van der Waals surface area contributed by atoms with Crippen LogP contribution in [0.1, 0.15) is 11.1 Å². The Hall–Kier alpha value is -3.91. The zero-order valence-electron chi connectivity index (χ0n) is 19.6. The first-order valence-corrected chi connectivity index (χ1v) is 10.9. The summed E-state index contributed by atoms with van der Waals surface area (Å²) in [7, 11) is 1.46. The van der Waals surface area contributed by atoms with Crippen molar-refractivity contribution in [1.29, 1.82) is 0 Å². The van der Waals surface area contributed by atoms with E-state index in [1.54, 1.807) is 0 Å². The molecule has 0 spiro atoms. The van der Waals surface area contributed by atoms with E-state index in [-0.39, 0.29) is 11.4 Å². The van der Waals surface area contributed by atoms with Crippen LogP contribution in [-0.2, 0) is 11.5 Å². The zero-order chi connectivity index (χ0) is 27.7. The van der Waals surface area contributed by atoms with E-state index in [1.165, 1.54) is 37.4 Å². The minimum atomic E-state index is -4.51. The van der Waals surface area contributed by atoms with Gasteiger partial charge in [-0.3, -0.25) is 9.99 Å². The molecule has 1 unspecified atom stereocenters. The molecule has 1 aliphatic rings. The van der Waals surface area contributed by atoms with Gasteiger partial charge in [0.25, 0.3) is 0 Å². The lowest BCUT2D eigenvalue weighted by molar-refractivity contribution is -0.205. The number of aromatic nitrogens is 1. The van der Waals surface area contributed by atoms with Gasteiger partial charge in [0.2, 0.25) is 0 Å². The third kappa shape index (κ3) is 5.65. The molecule has 2 aromatic carbocycles. The highest BCUT2D eigenvalue weighted by Gasteiger charge is 2.57. The molecule has 1 atom stereocenters. The molecule has 0 saturated heterocycles. The second-order valence-electron chi connectivity index (χ2n) is 8.40. The Bertz CT molecular complexity index is 1300. The van der Waals surface area contributed by atoms with Crippen LogP contribution in [0.5, 0.6) is 5.75 Å². The van der Waals surface area contributed by atoms with Gasteiger partial charge < -0.3 is 9.84 Å². The van der Waals surface area contributed by atoms with E-state index < -0.39 is 53.6 Å². The Balaban J connectivity index is 1.63. The fourth-order valence-corrected chi connectivity index (χ4v) is 3.75. The number of alkyl halides is 5. The van der Waals surface area contributed by atoms with Crippen molar-refractivity contribution in [3.63, 3.8) is 0 Å². The molecule has 1 aliphatic heterocycles. The topological polar surface area (TPSA) is 73.2 Å². The van der Waals surface area contributed by atoms with E-state index >= 15 is 8.78 Å². The van der Waals surface area contributed by atoms with E-state index in [4.69, 9.17) is 0 Å². The zero-order valence-corrected chi connectivity index (χ0v) is 19.6. The Morgan fingerprint density at radius 2 is 1.68 bits per heavy atom. The minimum absolute atomic E-state index is 0.0506. The Morgan fingerprint density at radius 3 is 2.24 bits per heavy atom. The normalized spacial score (nSPS) is 15.6. The van der Waals surface area contributed by atoms with Gasteiger partial charge in [0.15, 0.2) is 12.2 Å². The smallest absolute Gasteiger partial charge is 0.422 e. The average Bonchev–Trinajstić information content (AvgIpc) is 3.26. The second-order valence-corrected chi connectivity index (χ2v) is 8.40. The number of halogens is 7. The predicted octanol–water partition coefficient (Wildman–Crippen LogP) is 4.56. The lowest BCUT2D eigenvalue weighted by atomic mass is 9.83. The number of nitrogens with zero attached hydrogens (tertiary/aromatic N) is 4. The quantitative estimate of drug-likeness (QED) is 0.406. The van der Waals surface area contributed by atoms with Crippen LogP contribution in [-0.4, -0.2) is 52.9 Å². The van der Waals surface area contributed by atoms with Gasteiger partial charge in [0.1, 0.15) is 23.7 Å². The third-order valence-electron chi connectivity index (χ3n) is 5.61. The van der Waals surface area contributed by atoms with Crippen LogP contribution in [0.25, 0.3) is 11.3 Å². The van der Waals surface area contributed by atoms with Crippen molar-refractivity contribution >= 4 is 6.34 Å². The van der Waals surface area contributed by atoms with Crippen LogP contribution in [0.4, 0.5) is 30.7 Å². The van der Waals surface area contributed by atoms with Gasteiger partial charge in [-0.05, 0) is 48.5 Å². The molecule has 0 fully saturated rings. The molecule has 7 nitrogen and oxygen atoms in total. The molecule has 2 heterocycles. The number of hydrogen-bond acceptors (Lipinski definition) is 7. The Morgan fingerprint density at radius 1 is 0.974 bits per heavy atom. The number of pyridine rings is 1. The van der Waals surface area contributed by atoms with Gasteiger partial charge >= 0.3 is 12.1 Å². The highest BCUT2D eigenvalue weighted by molar-refractivity contribution is 5.60. The summed E-state index contributed by atoms with van der Waals surface area (Å²) in [6, 6.07) is 9.37. The van der Waals surface area contributed by atoms with Gasteiger partial charge in [-0.15, -0.1) is 10.6 Å². The number of hydrazone groups is 1. The summed E-state index contributed by atoms with van der Waals surface area (Å²) in [6.45, 7) is -2.36. The van der Waals surface area contributed by atoms with Crippen LogP contribution in [0, 0.1) is 11.6 Å². The summed E-state index contributed by atoms with van der Waals surface area (Å²) < 4.78 is 102. The molecule has 2 N–H and O–H groups in total. The summed E-state index contributed by atoms with van der Waals surface area (Å²) in [5, 5.41) is 17.3. The van der Waals surface area contributed by atoms with Crippen LogP contribution >= 0.6 is 0 Å². The number of benzene rings is 2. The highest BCUT2D eigenvalue weighted by atomic mass is 19.4. The van der Waals surface area contributed by atoms with Crippen molar-refractivity contribution in [1.82, 2.24) is 20.6 Å². The average molecular weight is 543 g/mol. The van der Waals surface area contributed by atoms with Crippen molar-refractivity contribution in [3.05, 3.63) is 83.6 Å². The predicted molar refractivity (Wildman–Crippen MR) is 121 cm³/mol. The molecule has 3 aromatic rings. The van der Waals surface area contributed by atoms with E-state index in [9.17, 15) is 27.1 Å². The molecule has 0 aliphatic carbocycles. The number of rotatable bonds is 8. The van der Waals surface area contributed by atoms with Gasteiger partial charge in [0.05, 0.1) is 12.2 Å². The van der Waals surface area contributed by atoms with E-state index in [1.807, 2.05) is 0 Å². The molecular weight excluding hydrogens is 523 g/mol. The first-order valence-electron chi connectivity index (χ1n) is 10.9. The van der Waals surface area contributed by atoms with Crippen molar-refractivity contribution in [2.24, 2.45) is 5.10 Å². The number of hydrogen-bond donors (Lipinski definition) is 2. The number of hydrazine groups is 2. The largest absolute Gasteiger partial charge is 0.484 e. The molecule has 4 rings (SSSR count). The highest BCUT2D eigenvalue weighted by Crippen LogP contribution is 2.47. The molecule has 0 saturated carbocycles. The third-order valence-corrected chi connectivity index (χ3v) is 5.61. The van der Waals surface area contributed by atoms with Gasteiger partial charge in [-0.1, -0.05) is 0 Å². The SMILES string of the molecule is CN1N=CN(CC(O)(c2ccc(F)cc2F)C(F)(F)c2ccc(-c3ccc(OCC(F)(F)F)cc3)nc2)N1. The van der Waals surface area contributed by atoms with Crippen LogP contribution in [0.3, 0.4) is 0 Å². The van der Waals surface area contributed by atoms with Crippen LogP contribution in [0.2, 0.25) is 0 Å². The first-order chi connectivity index (χ1) is 17.8. The summed E-state index contributed by atoms with van der Waals surface area (Å²) in [4.78, 5) is 3.99. The van der Waals surface area contributed by atoms with Crippen LogP contribution in [0.15, 0.2) is 65.9 Å². The van der Waals surface area contributed by atoms with Gasteiger partial charge in [0, 0.05) is 36.0 Å². The van der Waals surface area contributed by atoms with Gasteiger partial charge in [-0.2, -0.15) is 22.0 Å². The Kier molecular flexibility index (Phi) is 7.21. The van der Waals surface area contributed by atoms with Crippen molar-refractivity contribution in [2.45, 2.75) is 17.7 Å². The molecule has 1 aromatic heterocycles. The standard InChI is InChI=1S/C24H20F7N5O2/c1-35-33-14-36(34-35)12-22(37,19-8-5-17(25)10-20(19)26)24(30,31)16-4-9-21(32-11-16)15-2-6-18(7-3-15)38-13-23(27,28)29/h2-11,14,34,37H,12-13H2,1H3. The summed E-state index contributed by atoms with van der Waals surface area (Å²) in [5.74, 6) is -6.60.